The van der Waals surface area contributed by atoms with E-state index in [-0.39, 0.29) is 0 Å². The maximum absolute atomic E-state index is 6.09. The van der Waals surface area contributed by atoms with Crippen LogP contribution < -0.4 is 5.73 Å². The van der Waals surface area contributed by atoms with E-state index in [1.54, 1.807) is 0 Å². The summed E-state index contributed by atoms with van der Waals surface area (Å²) in [7, 11) is 0. The molecule has 12 heavy (non-hydrogen) atoms. The van der Waals surface area contributed by atoms with E-state index in [0.29, 0.717) is 12.0 Å². The summed E-state index contributed by atoms with van der Waals surface area (Å²) in [5.74, 6) is 0.713. The van der Waals surface area contributed by atoms with Gasteiger partial charge in [0.1, 0.15) is 0 Å². The summed E-state index contributed by atoms with van der Waals surface area (Å²) in [6, 6.07) is 0.434. The van der Waals surface area contributed by atoms with Crippen molar-refractivity contribution < 1.29 is 0 Å². The van der Waals surface area contributed by atoms with Gasteiger partial charge >= 0.3 is 0 Å². The van der Waals surface area contributed by atoms with Crippen LogP contribution in [0.2, 0.25) is 0 Å². The van der Waals surface area contributed by atoms with E-state index < -0.39 is 0 Å². The molecule has 0 aliphatic heterocycles. The van der Waals surface area contributed by atoms with Crippen molar-refractivity contribution in [2.75, 3.05) is 0 Å². The first kappa shape index (κ1) is 9.79. The zero-order chi connectivity index (χ0) is 8.97. The Labute approximate surface area is 76.0 Å². The summed E-state index contributed by atoms with van der Waals surface area (Å²) in [5, 5.41) is 0. The Kier molecular flexibility index (Phi) is 3.80. The summed E-state index contributed by atoms with van der Waals surface area (Å²) < 4.78 is 0. The van der Waals surface area contributed by atoms with Gasteiger partial charge in [-0.3, -0.25) is 0 Å². The number of rotatable bonds is 2. The number of hydrogen-bond donors (Lipinski definition) is 1. The molecule has 1 saturated carbocycles. The van der Waals surface area contributed by atoms with Gasteiger partial charge in [0.05, 0.1) is 0 Å². The standard InChI is InChI=1S/C11H21N/c1-9(2)8-10-6-4-3-5-7-11(10)12/h10-11H,1,3-8,12H2,2H3. The summed E-state index contributed by atoms with van der Waals surface area (Å²) in [6.07, 6.45) is 7.74. The van der Waals surface area contributed by atoms with Gasteiger partial charge in [-0.25, -0.2) is 0 Å². The monoisotopic (exact) mass is 167 g/mol. The molecule has 1 aliphatic carbocycles. The highest BCUT2D eigenvalue weighted by atomic mass is 14.6. The molecule has 0 aromatic carbocycles. The van der Waals surface area contributed by atoms with Gasteiger partial charge in [0.15, 0.2) is 0 Å². The molecule has 1 rings (SSSR count). The smallest absolute Gasteiger partial charge is 0.00702 e. The third-order valence-electron chi connectivity index (χ3n) is 2.83. The van der Waals surface area contributed by atoms with E-state index in [9.17, 15) is 0 Å². The van der Waals surface area contributed by atoms with Crippen LogP contribution in [-0.4, -0.2) is 6.04 Å². The molecule has 1 aliphatic rings. The molecular weight excluding hydrogens is 146 g/mol. The molecule has 70 valence electrons. The predicted octanol–water partition coefficient (Wildman–Crippen LogP) is 2.86. The number of nitrogens with two attached hydrogens (primary N) is 1. The van der Waals surface area contributed by atoms with Gasteiger partial charge in [0.25, 0.3) is 0 Å². The molecule has 0 saturated heterocycles. The second kappa shape index (κ2) is 4.66. The lowest BCUT2D eigenvalue weighted by atomic mass is 9.90. The Balaban J connectivity index is 2.41. The fourth-order valence-electron chi connectivity index (χ4n) is 2.11. The normalized spacial score (nSPS) is 31.2. The second-order valence-corrected chi connectivity index (χ2v) is 4.22. The van der Waals surface area contributed by atoms with Crippen LogP contribution in [0.1, 0.15) is 45.4 Å². The topological polar surface area (TPSA) is 26.0 Å². The van der Waals surface area contributed by atoms with Crippen molar-refractivity contribution in [1.82, 2.24) is 0 Å². The van der Waals surface area contributed by atoms with Crippen LogP contribution in [0, 0.1) is 5.92 Å². The molecule has 0 aromatic heterocycles. The van der Waals surface area contributed by atoms with E-state index >= 15 is 0 Å². The largest absolute Gasteiger partial charge is 0.327 e. The van der Waals surface area contributed by atoms with E-state index in [4.69, 9.17) is 5.73 Å². The highest BCUT2D eigenvalue weighted by Crippen LogP contribution is 2.26. The minimum absolute atomic E-state index is 0.434. The number of hydrogen-bond acceptors (Lipinski definition) is 1. The first-order valence-corrected chi connectivity index (χ1v) is 5.10. The van der Waals surface area contributed by atoms with Gasteiger partial charge in [-0.05, 0) is 32.1 Å². The summed E-state index contributed by atoms with van der Waals surface area (Å²) >= 11 is 0. The second-order valence-electron chi connectivity index (χ2n) is 4.22. The molecule has 0 spiro atoms. The molecule has 0 radical (unpaired) electrons. The zero-order valence-corrected chi connectivity index (χ0v) is 8.18. The minimum Gasteiger partial charge on any atom is -0.327 e. The molecular formula is C11H21N. The van der Waals surface area contributed by atoms with Crippen LogP contribution in [0.4, 0.5) is 0 Å². The van der Waals surface area contributed by atoms with Crippen molar-refractivity contribution in [2.24, 2.45) is 11.7 Å². The fraction of sp³-hybridized carbons (Fsp3) is 0.818. The van der Waals surface area contributed by atoms with E-state index in [2.05, 4.69) is 13.5 Å². The van der Waals surface area contributed by atoms with Gasteiger partial charge in [-0.1, -0.05) is 24.8 Å². The summed E-state index contributed by atoms with van der Waals surface area (Å²) in [6.45, 7) is 6.07. The lowest BCUT2D eigenvalue weighted by molar-refractivity contribution is 0.395. The van der Waals surface area contributed by atoms with Crippen LogP contribution in [0.5, 0.6) is 0 Å². The van der Waals surface area contributed by atoms with Gasteiger partial charge in [0.2, 0.25) is 0 Å². The molecule has 0 bridgehead atoms. The third-order valence-corrected chi connectivity index (χ3v) is 2.83. The first-order valence-electron chi connectivity index (χ1n) is 5.10. The van der Waals surface area contributed by atoms with Crippen LogP contribution in [-0.2, 0) is 0 Å². The van der Waals surface area contributed by atoms with E-state index in [0.717, 1.165) is 6.42 Å². The predicted molar refractivity (Wildman–Crippen MR) is 54.0 cm³/mol. The highest BCUT2D eigenvalue weighted by Gasteiger charge is 2.19. The van der Waals surface area contributed by atoms with Gasteiger partial charge in [0, 0.05) is 6.04 Å². The Morgan fingerprint density at radius 2 is 2.00 bits per heavy atom. The lowest BCUT2D eigenvalue weighted by Gasteiger charge is -2.20. The van der Waals surface area contributed by atoms with Crippen molar-refractivity contribution >= 4 is 0 Å². The van der Waals surface area contributed by atoms with Crippen molar-refractivity contribution in [3.05, 3.63) is 12.2 Å². The van der Waals surface area contributed by atoms with Gasteiger partial charge < -0.3 is 5.73 Å². The van der Waals surface area contributed by atoms with E-state index in [1.807, 2.05) is 0 Å². The van der Waals surface area contributed by atoms with Gasteiger partial charge in [-0.15, -0.1) is 6.58 Å². The van der Waals surface area contributed by atoms with Crippen LogP contribution >= 0.6 is 0 Å². The van der Waals surface area contributed by atoms with E-state index in [1.165, 1.54) is 37.7 Å². The summed E-state index contributed by atoms with van der Waals surface area (Å²) in [4.78, 5) is 0. The number of allylic oxidation sites excluding steroid dienone is 1. The Morgan fingerprint density at radius 3 is 2.67 bits per heavy atom. The first-order chi connectivity index (χ1) is 5.70. The third kappa shape index (κ3) is 2.98. The molecule has 0 aromatic rings. The van der Waals surface area contributed by atoms with Crippen LogP contribution in [0.25, 0.3) is 0 Å². The van der Waals surface area contributed by atoms with Crippen molar-refractivity contribution in [1.29, 1.82) is 0 Å². The molecule has 0 heterocycles. The van der Waals surface area contributed by atoms with Crippen molar-refractivity contribution in [2.45, 2.75) is 51.5 Å². The van der Waals surface area contributed by atoms with Crippen LogP contribution in [0.15, 0.2) is 12.2 Å². The maximum Gasteiger partial charge on any atom is 0.00702 e. The molecule has 0 amide bonds. The highest BCUT2D eigenvalue weighted by molar-refractivity contribution is 4.93. The maximum atomic E-state index is 6.09. The molecule has 1 nitrogen and oxygen atoms in total. The average molecular weight is 167 g/mol. The Hall–Kier alpha value is -0.300. The van der Waals surface area contributed by atoms with Gasteiger partial charge in [-0.2, -0.15) is 0 Å². The van der Waals surface area contributed by atoms with Crippen LogP contribution in [0.3, 0.4) is 0 Å². The Morgan fingerprint density at radius 1 is 1.33 bits per heavy atom. The van der Waals surface area contributed by atoms with Crippen molar-refractivity contribution in [3.63, 3.8) is 0 Å². The molecule has 1 heteroatoms. The quantitative estimate of drug-likeness (QED) is 0.496. The Bertz CT molecular complexity index is 151. The summed E-state index contributed by atoms with van der Waals surface area (Å²) in [5.41, 5.74) is 7.38. The average Bonchev–Trinajstić information content (AvgIpc) is 2.16. The molecule has 2 unspecified atom stereocenters. The SMILES string of the molecule is C=C(C)CC1CCCCCC1N. The van der Waals surface area contributed by atoms with Crippen molar-refractivity contribution in [3.8, 4) is 0 Å². The minimum atomic E-state index is 0.434. The molecule has 2 atom stereocenters. The zero-order valence-electron chi connectivity index (χ0n) is 8.18. The fourth-order valence-corrected chi connectivity index (χ4v) is 2.11. The lowest BCUT2D eigenvalue weighted by Crippen LogP contribution is -2.28. The molecule has 2 N–H and O–H groups in total. The molecule has 1 fully saturated rings.